The van der Waals surface area contributed by atoms with Crippen LogP contribution in [0.4, 0.5) is 0 Å². The molecule has 9 heteroatoms. The minimum absolute atomic E-state index is 0.156. The lowest BCUT2D eigenvalue weighted by Gasteiger charge is -2.09. The Kier molecular flexibility index (Phi) is 7.53. The summed E-state index contributed by atoms with van der Waals surface area (Å²) in [5.41, 5.74) is 0. The monoisotopic (exact) mass is 244 g/mol. The first-order chi connectivity index (χ1) is 7.47. The number of aliphatic carboxylic acids is 1. The third-order valence-corrected chi connectivity index (χ3v) is 2.11. The van der Waals surface area contributed by atoms with Gasteiger partial charge in [-0.25, -0.2) is 0 Å². The van der Waals surface area contributed by atoms with Gasteiger partial charge in [-0.2, -0.15) is 12.6 Å². The maximum Gasteiger partial charge on any atom is 0.304 e. The Balaban J connectivity index is 3.72. The van der Waals surface area contributed by atoms with E-state index in [0.717, 1.165) is 0 Å². The topological polar surface area (TPSA) is 95.5 Å². The van der Waals surface area contributed by atoms with Crippen molar-refractivity contribution in [1.82, 2.24) is 10.5 Å². The second-order valence-electron chi connectivity index (χ2n) is 3.11. The van der Waals surface area contributed by atoms with Crippen LogP contribution in [0.3, 0.4) is 0 Å². The van der Waals surface area contributed by atoms with E-state index in [9.17, 15) is 14.4 Å². The van der Waals surface area contributed by atoms with Gasteiger partial charge in [0.05, 0.1) is 19.4 Å². The summed E-state index contributed by atoms with van der Waals surface area (Å²) in [5, 5.41) is 12.6. The number of amides is 2. The van der Waals surface area contributed by atoms with Crippen molar-refractivity contribution in [2.24, 2.45) is 0 Å². The molecule has 1 unspecified atom stereocenters. The number of thiol groups is 1. The zero-order valence-electron chi connectivity index (χ0n) is 9.02. The van der Waals surface area contributed by atoms with Crippen LogP contribution in [-0.4, -0.2) is 49.7 Å². The minimum atomic E-state index is -1.08. The SMILES string of the molecule is BBNC(=O)CCNC(=O)C(S)CC(=O)O. The Morgan fingerprint density at radius 3 is 2.56 bits per heavy atom. The molecule has 0 aromatic carbocycles. The summed E-state index contributed by atoms with van der Waals surface area (Å²) in [6, 6.07) is 0. The van der Waals surface area contributed by atoms with E-state index in [1.54, 1.807) is 7.74 Å². The highest BCUT2D eigenvalue weighted by Gasteiger charge is 2.16. The quantitative estimate of drug-likeness (QED) is 0.289. The van der Waals surface area contributed by atoms with Gasteiger partial charge in [0.1, 0.15) is 0 Å². The van der Waals surface area contributed by atoms with E-state index in [4.69, 9.17) is 5.11 Å². The first kappa shape index (κ1) is 14.9. The molecule has 16 heavy (non-hydrogen) atoms. The molecule has 0 heterocycles. The van der Waals surface area contributed by atoms with Crippen molar-refractivity contribution >= 4 is 45.5 Å². The molecule has 0 bridgehead atoms. The molecule has 1 atom stereocenters. The van der Waals surface area contributed by atoms with E-state index in [1.165, 1.54) is 0 Å². The Hall–Kier alpha value is -1.11. The van der Waals surface area contributed by atoms with Crippen molar-refractivity contribution in [2.75, 3.05) is 6.54 Å². The number of carboxylic acid groups (broad SMARTS) is 1. The highest BCUT2D eigenvalue weighted by Crippen LogP contribution is 2.00. The summed E-state index contributed by atoms with van der Waals surface area (Å²) in [6.45, 7) is 0.182. The normalized spacial score (nSPS) is 11.3. The number of carbonyl (C=O) groups excluding carboxylic acids is 2. The highest BCUT2D eigenvalue weighted by molar-refractivity contribution is 7.81. The summed E-state index contributed by atoms with van der Waals surface area (Å²) in [4.78, 5) is 32.5. The van der Waals surface area contributed by atoms with Crippen LogP contribution in [0.15, 0.2) is 0 Å². The molecular weight excluding hydrogens is 230 g/mol. The van der Waals surface area contributed by atoms with Crippen molar-refractivity contribution in [1.29, 1.82) is 0 Å². The molecule has 2 amide bonds. The summed E-state index contributed by atoms with van der Waals surface area (Å²) >= 11 is 3.84. The van der Waals surface area contributed by atoms with E-state index in [1.807, 2.05) is 0 Å². The maximum absolute atomic E-state index is 11.2. The average molecular weight is 244 g/mol. The molecule has 0 aliphatic rings. The Morgan fingerprint density at radius 2 is 2.06 bits per heavy atom. The summed E-state index contributed by atoms with van der Waals surface area (Å²) < 4.78 is 0. The van der Waals surface area contributed by atoms with Crippen LogP contribution < -0.4 is 10.5 Å². The second kappa shape index (κ2) is 8.09. The van der Waals surface area contributed by atoms with Crippen molar-refractivity contribution in [3.8, 4) is 0 Å². The van der Waals surface area contributed by atoms with Gasteiger partial charge in [-0.3, -0.25) is 14.4 Å². The van der Waals surface area contributed by atoms with Crippen LogP contribution >= 0.6 is 12.6 Å². The lowest BCUT2D eigenvalue weighted by molar-refractivity contribution is -0.138. The second-order valence-corrected chi connectivity index (χ2v) is 3.73. The first-order valence-corrected chi connectivity index (χ1v) is 5.43. The van der Waals surface area contributed by atoms with Gasteiger partial charge in [-0.05, 0) is 0 Å². The molecule has 88 valence electrons. The van der Waals surface area contributed by atoms with Crippen LogP contribution in [0.1, 0.15) is 12.8 Å². The molecule has 0 saturated carbocycles. The highest BCUT2D eigenvalue weighted by atomic mass is 32.1. The lowest BCUT2D eigenvalue weighted by Crippen LogP contribution is -2.36. The van der Waals surface area contributed by atoms with Gasteiger partial charge in [0.2, 0.25) is 11.8 Å². The van der Waals surface area contributed by atoms with Crippen molar-refractivity contribution < 1.29 is 19.5 Å². The predicted octanol–water partition coefficient (Wildman–Crippen LogP) is -2.72. The maximum atomic E-state index is 11.2. The molecule has 0 aromatic rings. The first-order valence-electron chi connectivity index (χ1n) is 4.91. The van der Waals surface area contributed by atoms with Crippen molar-refractivity contribution in [3.05, 3.63) is 0 Å². The molecule has 3 N–H and O–H groups in total. The van der Waals surface area contributed by atoms with Crippen LogP contribution in [0.25, 0.3) is 0 Å². The van der Waals surface area contributed by atoms with Crippen molar-refractivity contribution in [3.63, 3.8) is 0 Å². The van der Waals surface area contributed by atoms with Gasteiger partial charge in [-0.1, -0.05) is 0 Å². The van der Waals surface area contributed by atoms with Gasteiger partial charge < -0.3 is 15.7 Å². The lowest BCUT2D eigenvalue weighted by atomic mass is 9.67. The van der Waals surface area contributed by atoms with E-state index >= 15 is 0 Å². The molecule has 0 aromatic heterocycles. The number of rotatable bonds is 7. The van der Waals surface area contributed by atoms with E-state index in [-0.39, 0.29) is 25.3 Å². The molecule has 0 aliphatic heterocycles. The Bertz CT molecular complexity index is 277. The molecule has 0 saturated heterocycles. The Morgan fingerprint density at radius 1 is 1.44 bits per heavy atom. The number of carboxylic acids is 1. The van der Waals surface area contributed by atoms with Crippen LogP contribution in [0.5, 0.6) is 0 Å². The zero-order valence-corrected chi connectivity index (χ0v) is 9.92. The number of nitrogens with one attached hydrogen (secondary N) is 2. The van der Waals surface area contributed by atoms with Crippen molar-refractivity contribution in [2.45, 2.75) is 18.1 Å². The van der Waals surface area contributed by atoms with E-state index in [2.05, 4.69) is 23.2 Å². The standard InChI is InChI=1S/C7H14B2N2O4S/c8-9-11-5(12)1-2-10-7(15)4(16)3-6(13)14/h4,9,16H,1-3,8H2,(H,10,15)(H,11,12)(H,13,14). The smallest absolute Gasteiger partial charge is 0.304 e. The van der Waals surface area contributed by atoms with Crippen LogP contribution in [0.2, 0.25) is 0 Å². The third-order valence-electron chi connectivity index (χ3n) is 1.70. The fourth-order valence-corrected chi connectivity index (χ4v) is 1.21. The summed E-state index contributed by atoms with van der Waals surface area (Å²) in [5.74, 6) is -1.72. The fraction of sp³-hybridized carbons (Fsp3) is 0.571. The molecular formula is C7H14B2N2O4S. The predicted molar refractivity (Wildman–Crippen MR) is 66.5 cm³/mol. The third kappa shape index (κ3) is 7.22. The molecule has 0 fully saturated rings. The molecule has 0 rings (SSSR count). The summed E-state index contributed by atoms with van der Waals surface area (Å²) in [6.07, 6.45) is -0.163. The van der Waals surface area contributed by atoms with Crippen LogP contribution in [-0.2, 0) is 14.4 Å². The number of carbonyl (C=O) groups is 3. The molecule has 0 radical (unpaired) electrons. The molecule has 6 nitrogen and oxygen atoms in total. The van der Waals surface area contributed by atoms with Gasteiger partial charge in [0.15, 0.2) is 7.31 Å². The molecule has 0 aliphatic carbocycles. The van der Waals surface area contributed by atoms with Gasteiger partial charge in [0.25, 0.3) is 0 Å². The molecule has 0 spiro atoms. The van der Waals surface area contributed by atoms with E-state index < -0.39 is 17.1 Å². The van der Waals surface area contributed by atoms with Gasteiger partial charge >= 0.3 is 5.97 Å². The largest absolute Gasteiger partial charge is 0.481 e. The number of hydrogen-bond acceptors (Lipinski definition) is 4. The average Bonchev–Trinajstić information content (AvgIpc) is 2.16. The zero-order chi connectivity index (χ0) is 12.6. The van der Waals surface area contributed by atoms with Gasteiger partial charge in [-0.15, -0.1) is 0 Å². The Labute approximate surface area is 101 Å². The number of hydrogen-bond donors (Lipinski definition) is 4. The summed E-state index contributed by atoms with van der Waals surface area (Å²) in [7, 11) is 2.34. The minimum Gasteiger partial charge on any atom is -0.481 e. The van der Waals surface area contributed by atoms with Gasteiger partial charge in [0, 0.05) is 13.0 Å². The van der Waals surface area contributed by atoms with Crippen LogP contribution in [0, 0.1) is 0 Å². The fourth-order valence-electron chi connectivity index (χ4n) is 0.961. The van der Waals surface area contributed by atoms with E-state index in [0.29, 0.717) is 7.31 Å².